The molecule has 1 aromatic heterocycles. The fourth-order valence-electron chi connectivity index (χ4n) is 1.23. The van der Waals surface area contributed by atoms with E-state index in [4.69, 9.17) is 10.3 Å². The summed E-state index contributed by atoms with van der Waals surface area (Å²) in [7, 11) is 0. The Kier molecular flexibility index (Phi) is 2.98. The highest BCUT2D eigenvalue weighted by Gasteiger charge is 2.22. The number of benzene rings is 1. The van der Waals surface area contributed by atoms with E-state index in [1.165, 1.54) is 0 Å². The minimum Gasteiger partial charge on any atom is -0.334 e. The molecular formula is C11H12IN3O. The van der Waals surface area contributed by atoms with Gasteiger partial charge in [-0.25, -0.2) is 0 Å². The largest absolute Gasteiger partial charge is 0.334 e. The molecule has 0 aliphatic rings. The summed E-state index contributed by atoms with van der Waals surface area (Å²) in [5.74, 6) is 1.03. The first-order chi connectivity index (χ1) is 7.48. The van der Waals surface area contributed by atoms with E-state index in [1.54, 1.807) is 0 Å². The second-order valence-electron chi connectivity index (χ2n) is 4.12. The summed E-state index contributed by atoms with van der Waals surface area (Å²) < 4.78 is 6.29. The van der Waals surface area contributed by atoms with Crippen LogP contribution in [0.5, 0.6) is 0 Å². The highest BCUT2D eigenvalue weighted by atomic mass is 127. The average Bonchev–Trinajstić information content (AvgIpc) is 2.66. The van der Waals surface area contributed by atoms with Gasteiger partial charge >= 0.3 is 0 Å². The molecule has 0 saturated carbocycles. The second kappa shape index (κ2) is 4.14. The molecule has 5 heteroatoms. The Morgan fingerprint density at radius 3 is 2.56 bits per heavy atom. The van der Waals surface area contributed by atoms with Gasteiger partial charge in [-0.05, 0) is 48.6 Å². The zero-order chi connectivity index (χ0) is 11.8. The molecule has 0 atom stereocenters. The first-order valence-corrected chi connectivity index (χ1v) is 5.94. The van der Waals surface area contributed by atoms with Crippen molar-refractivity contribution in [2.24, 2.45) is 5.73 Å². The molecule has 2 rings (SSSR count). The number of hydrogen-bond donors (Lipinski definition) is 1. The van der Waals surface area contributed by atoms with Crippen molar-refractivity contribution in [2.45, 2.75) is 19.4 Å². The summed E-state index contributed by atoms with van der Waals surface area (Å²) in [6.45, 7) is 3.69. The molecule has 0 radical (unpaired) electrons. The minimum absolute atomic E-state index is 0.513. The molecule has 84 valence electrons. The van der Waals surface area contributed by atoms with Gasteiger partial charge < -0.3 is 10.3 Å². The lowest BCUT2D eigenvalue weighted by molar-refractivity contribution is 0.397. The lowest BCUT2D eigenvalue weighted by Crippen LogP contribution is -2.30. The van der Waals surface area contributed by atoms with E-state index in [-0.39, 0.29) is 0 Å². The summed E-state index contributed by atoms with van der Waals surface area (Å²) in [6.07, 6.45) is 0. The van der Waals surface area contributed by atoms with Crippen LogP contribution >= 0.6 is 22.6 Å². The maximum atomic E-state index is 5.90. The van der Waals surface area contributed by atoms with Gasteiger partial charge in [-0.15, -0.1) is 0 Å². The van der Waals surface area contributed by atoms with E-state index in [1.807, 2.05) is 38.1 Å². The van der Waals surface area contributed by atoms with Gasteiger partial charge in [0.15, 0.2) is 5.82 Å². The van der Waals surface area contributed by atoms with Crippen molar-refractivity contribution in [3.8, 4) is 11.5 Å². The van der Waals surface area contributed by atoms with Crippen LogP contribution in [0.1, 0.15) is 19.7 Å². The van der Waals surface area contributed by atoms with Crippen LogP contribution in [-0.4, -0.2) is 10.1 Å². The first-order valence-electron chi connectivity index (χ1n) is 4.86. The number of aromatic nitrogens is 2. The molecule has 1 heterocycles. The molecule has 0 bridgehead atoms. The minimum atomic E-state index is -0.581. The van der Waals surface area contributed by atoms with E-state index in [0.29, 0.717) is 11.7 Å². The van der Waals surface area contributed by atoms with Gasteiger partial charge in [-0.3, -0.25) is 0 Å². The fraction of sp³-hybridized carbons (Fsp3) is 0.273. The van der Waals surface area contributed by atoms with Gasteiger partial charge in [0.25, 0.3) is 5.89 Å². The molecule has 0 unspecified atom stereocenters. The van der Waals surface area contributed by atoms with Crippen LogP contribution in [-0.2, 0) is 5.54 Å². The number of nitrogens with zero attached hydrogens (tertiary/aromatic N) is 2. The highest BCUT2D eigenvalue weighted by Crippen LogP contribution is 2.24. The molecule has 4 nitrogen and oxygen atoms in total. The van der Waals surface area contributed by atoms with Crippen LogP contribution in [0.2, 0.25) is 0 Å². The lowest BCUT2D eigenvalue weighted by atomic mass is 10.1. The number of nitrogens with two attached hydrogens (primary N) is 1. The lowest BCUT2D eigenvalue weighted by Gasteiger charge is -2.11. The summed E-state index contributed by atoms with van der Waals surface area (Å²) in [5.41, 5.74) is 6.25. The Balaban J connectivity index is 2.44. The number of rotatable bonds is 2. The van der Waals surface area contributed by atoms with Gasteiger partial charge in [0.1, 0.15) is 0 Å². The molecule has 0 aliphatic carbocycles. The zero-order valence-corrected chi connectivity index (χ0v) is 11.2. The van der Waals surface area contributed by atoms with Crippen molar-refractivity contribution < 1.29 is 4.52 Å². The van der Waals surface area contributed by atoms with Gasteiger partial charge in [0, 0.05) is 3.57 Å². The van der Waals surface area contributed by atoms with Gasteiger partial charge in [-0.1, -0.05) is 17.3 Å². The quantitative estimate of drug-likeness (QED) is 0.860. The smallest absolute Gasteiger partial charge is 0.259 e. The van der Waals surface area contributed by atoms with E-state index in [2.05, 4.69) is 32.7 Å². The molecule has 0 spiro atoms. The van der Waals surface area contributed by atoms with Crippen molar-refractivity contribution in [2.75, 3.05) is 0 Å². The van der Waals surface area contributed by atoms with Crippen molar-refractivity contribution in [1.82, 2.24) is 10.1 Å². The van der Waals surface area contributed by atoms with E-state index in [0.717, 1.165) is 9.13 Å². The molecule has 0 saturated heterocycles. The fourth-order valence-corrected chi connectivity index (χ4v) is 1.85. The van der Waals surface area contributed by atoms with Crippen LogP contribution in [0.3, 0.4) is 0 Å². The third-order valence-electron chi connectivity index (χ3n) is 2.11. The Morgan fingerprint density at radius 2 is 2.00 bits per heavy atom. The van der Waals surface area contributed by atoms with Crippen LogP contribution in [0.25, 0.3) is 11.5 Å². The number of hydrogen-bond acceptors (Lipinski definition) is 4. The third kappa shape index (κ3) is 2.25. The summed E-state index contributed by atoms with van der Waals surface area (Å²) in [6, 6.07) is 7.85. The van der Waals surface area contributed by atoms with Gasteiger partial charge in [-0.2, -0.15) is 4.98 Å². The Morgan fingerprint density at radius 1 is 1.31 bits per heavy atom. The van der Waals surface area contributed by atoms with Crippen LogP contribution < -0.4 is 5.73 Å². The number of halogens is 1. The van der Waals surface area contributed by atoms with E-state index in [9.17, 15) is 0 Å². The van der Waals surface area contributed by atoms with E-state index >= 15 is 0 Å². The van der Waals surface area contributed by atoms with Crippen molar-refractivity contribution >= 4 is 22.6 Å². The molecular weight excluding hydrogens is 317 g/mol. The molecule has 0 fully saturated rings. The molecule has 2 aromatic rings. The molecule has 0 amide bonds. The summed E-state index contributed by atoms with van der Waals surface area (Å²) in [5, 5.41) is 3.89. The predicted octanol–water partition coefficient (Wildman–Crippen LogP) is 2.54. The van der Waals surface area contributed by atoms with Crippen molar-refractivity contribution in [3.05, 3.63) is 33.7 Å². The highest BCUT2D eigenvalue weighted by molar-refractivity contribution is 14.1. The normalized spacial score (nSPS) is 11.8. The topological polar surface area (TPSA) is 64.9 Å². The monoisotopic (exact) mass is 329 g/mol. The van der Waals surface area contributed by atoms with E-state index < -0.39 is 5.54 Å². The molecule has 2 N–H and O–H groups in total. The average molecular weight is 329 g/mol. The van der Waals surface area contributed by atoms with Crippen LogP contribution in [0.4, 0.5) is 0 Å². The summed E-state index contributed by atoms with van der Waals surface area (Å²) in [4.78, 5) is 4.31. The van der Waals surface area contributed by atoms with Crippen LogP contribution in [0.15, 0.2) is 28.8 Å². The SMILES string of the molecule is CC(C)(N)c1noc(-c2ccccc2I)n1. The Hall–Kier alpha value is -0.950. The Labute approximate surface area is 107 Å². The molecule has 16 heavy (non-hydrogen) atoms. The maximum absolute atomic E-state index is 5.90. The van der Waals surface area contributed by atoms with Gasteiger partial charge in [0.2, 0.25) is 0 Å². The zero-order valence-electron chi connectivity index (χ0n) is 9.07. The van der Waals surface area contributed by atoms with Crippen molar-refractivity contribution in [3.63, 3.8) is 0 Å². The Bertz CT molecular complexity index is 502. The molecule has 0 aliphatic heterocycles. The van der Waals surface area contributed by atoms with Crippen molar-refractivity contribution in [1.29, 1.82) is 0 Å². The van der Waals surface area contributed by atoms with Crippen LogP contribution in [0, 0.1) is 3.57 Å². The predicted molar refractivity (Wildman–Crippen MR) is 69.7 cm³/mol. The molecule has 1 aromatic carbocycles. The first kappa shape index (κ1) is 11.5. The second-order valence-corrected chi connectivity index (χ2v) is 5.29. The van der Waals surface area contributed by atoms with Gasteiger partial charge in [0.05, 0.1) is 11.1 Å². The maximum Gasteiger partial charge on any atom is 0.259 e. The third-order valence-corrected chi connectivity index (χ3v) is 3.05. The summed E-state index contributed by atoms with van der Waals surface area (Å²) >= 11 is 2.24. The standard InChI is InChI=1S/C11H12IN3O/c1-11(2,13)10-14-9(16-15-10)7-5-3-4-6-8(7)12/h3-6H,13H2,1-2H3.